The van der Waals surface area contributed by atoms with Gasteiger partial charge in [-0.1, -0.05) is 62.4 Å². The minimum atomic E-state index is -0.487. The molecule has 4 heteroatoms. The van der Waals surface area contributed by atoms with E-state index in [0.717, 1.165) is 22.4 Å². The maximum atomic E-state index is 12.6. The van der Waals surface area contributed by atoms with Crippen LogP contribution < -0.4 is 10.6 Å². The summed E-state index contributed by atoms with van der Waals surface area (Å²) < 4.78 is 0. The maximum absolute atomic E-state index is 12.6. The molecule has 0 fully saturated rings. The van der Waals surface area contributed by atoms with E-state index in [4.69, 9.17) is 0 Å². The van der Waals surface area contributed by atoms with E-state index in [1.54, 1.807) is 0 Å². The van der Waals surface area contributed by atoms with Gasteiger partial charge in [0.05, 0.1) is 12.6 Å². The molecule has 24 heavy (non-hydrogen) atoms. The number of benzene rings is 2. The quantitative estimate of drug-likeness (QED) is 0.771. The number of anilines is 1. The second-order valence-corrected chi connectivity index (χ2v) is 6.86. The standard InChI is InChI=1S/C20H26N2O2/c1-14-9-8-10-15(2)17(14)21-19(24)22-18(20(3,4)13-23)16-11-6-5-7-12-16/h5-12,18,23H,13H2,1-4H3,(H2,21,22,24)/t18-/m1/s1. The van der Waals surface area contributed by atoms with Crippen LogP contribution in [0.5, 0.6) is 0 Å². The molecule has 128 valence electrons. The molecule has 0 saturated carbocycles. The average molecular weight is 326 g/mol. The van der Waals surface area contributed by atoms with Crippen LogP contribution in [0.25, 0.3) is 0 Å². The van der Waals surface area contributed by atoms with Crippen LogP contribution in [0, 0.1) is 19.3 Å². The predicted molar refractivity (Wildman–Crippen MR) is 98.1 cm³/mol. The topological polar surface area (TPSA) is 61.4 Å². The Hall–Kier alpha value is -2.33. The van der Waals surface area contributed by atoms with E-state index in [-0.39, 0.29) is 18.7 Å². The molecular formula is C20H26N2O2. The first-order valence-electron chi connectivity index (χ1n) is 8.14. The fourth-order valence-electron chi connectivity index (χ4n) is 2.76. The summed E-state index contributed by atoms with van der Waals surface area (Å²) in [4.78, 5) is 12.6. The van der Waals surface area contributed by atoms with Gasteiger partial charge in [-0.15, -0.1) is 0 Å². The third-order valence-electron chi connectivity index (χ3n) is 4.32. The van der Waals surface area contributed by atoms with Gasteiger partial charge in [-0.05, 0) is 30.5 Å². The number of hydrogen-bond donors (Lipinski definition) is 3. The van der Waals surface area contributed by atoms with Crippen molar-refractivity contribution in [2.45, 2.75) is 33.7 Å². The Labute approximate surface area is 143 Å². The number of aliphatic hydroxyl groups is 1. The van der Waals surface area contributed by atoms with Crippen LogP contribution >= 0.6 is 0 Å². The van der Waals surface area contributed by atoms with Gasteiger partial charge in [0, 0.05) is 11.1 Å². The van der Waals surface area contributed by atoms with Crippen molar-refractivity contribution in [3.63, 3.8) is 0 Å². The molecule has 0 heterocycles. The first-order chi connectivity index (χ1) is 11.3. The number of para-hydroxylation sites is 1. The molecule has 0 bridgehead atoms. The summed E-state index contributed by atoms with van der Waals surface area (Å²) >= 11 is 0. The van der Waals surface area contributed by atoms with Crippen molar-refractivity contribution in [1.29, 1.82) is 0 Å². The summed E-state index contributed by atoms with van der Waals surface area (Å²) in [6.07, 6.45) is 0. The Balaban J connectivity index is 2.22. The number of nitrogens with one attached hydrogen (secondary N) is 2. The fraction of sp³-hybridized carbons (Fsp3) is 0.350. The third-order valence-corrected chi connectivity index (χ3v) is 4.32. The summed E-state index contributed by atoms with van der Waals surface area (Å²) in [5.41, 5.74) is 3.34. The first kappa shape index (κ1) is 18.0. The molecule has 0 saturated heterocycles. The van der Waals surface area contributed by atoms with Gasteiger partial charge < -0.3 is 15.7 Å². The van der Waals surface area contributed by atoms with E-state index in [0.29, 0.717) is 0 Å². The lowest BCUT2D eigenvalue weighted by Gasteiger charge is -2.33. The largest absolute Gasteiger partial charge is 0.396 e. The molecule has 0 unspecified atom stereocenters. The van der Waals surface area contributed by atoms with Crippen LogP contribution in [0.15, 0.2) is 48.5 Å². The van der Waals surface area contributed by atoms with Crippen LogP contribution in [0.3, 0.4) is 0 Å². The van der Waals surface area contributed by atoms with Gasteiger partial charge in [-0.25, -0.2) is 4.79 Å². The Morgan fingerprint density at radius 2 is 1.62 bits per heavy atom. The van der Waals surface area contributed by atoms with Crippen molar-refractivity contribution in [2.75, 3.05) is 11.9 Å². The third kappa shape index (κ3) is 4.15. The van der Waals surface area contributed by atoms with Crippen LogP contribution in [0.1, 0.15) is 36.6 Å². The number of carbonyl (C=O) groups excluding carboxylic acids is 1. The molecule has 2 aromatic carbocycles. The minimum absolute atomic E-state index is 0.0315. The molecule has 0 radical (unpaired) electrons. The van der Waals surface area contributed by atoms with Crippen LogP contribution in [-0.4, -0.2) is 17.7 Å². The second kappa shape index (κ2) is 7.49. The molecule has 1 atom stereocenters. The molecule has 3 N–H and O–H groups in total. The fourth-order valence-corrected chi connectivity index (χ4v) is 2.76. The summed E-state index contributed by atoms with van der Waals surface area (Å²) in [6, 6.07) is 15.0. The normalized spacial score (nSPS) is 12.5. The highest BCUT2D eigenvalue weighted by Gasteiger charge is 2.31. The zero-order chi connectivity index (χ0) is 17.7. The monoisotopic (exact) mass is 326 g/mol. The molecule has 0 aliphatic heterocycles. The molecule has 0 spiro atoms. The molecule has 2 rings (SSSR count). The number of rotatable bonds is 5. The lowest BCUT2D eigenvalue weighted by atomic mass is 9.81. The lowest BCUT2D eigenvalue weighted by molar-refractivity contribution is 0.119. The number of carbonyl (C=O) groups is 1. The van der Waals surface area contributed by atoms with Crippen molar-refractivity contribution in [1.82, 2.24) is 5.32 Å². The van der Waals surface area contributed by atoms with Gasteiger partial charge in [0.2, 0.25) is 0 Å². The van der Waals surface area contributed by atoms with Crippen molar-refractivity contribution in [3.8, 4) is 0 Å². The van der Waals surface area contributed by atoms with Crippen molar-refractivity contribution >= 4 is 11.7 Å². The highest BCUT2D eigenvalue weighted by Crippen LogP contribution is 2.33. The number of amides is 2. The first-order valence-corrected chi connectivity index (χ1v) is 8.14. The molecule has 4 nitrogen and oxygen atoms in total. The Bertz CT molecular complexity index is 676. The highest BCUT2D eigenvalue weighted by atomic mass is 16.3. The Kier molecular flexibility index (Phi) is 5.62. The van der Waals surface area contributed by atoms with Gasteiger partial charge >= 0.3 is 6.03 Å². The molecule has 0 aliphatic carbocycles. The SMILES string of the molecule is Cc1cccc(C)c1NC(=O)N[C@H](c1ccccc1)C(C)(C)CO. The second-order valence-electron chi connectivity index (χ2n) is 6.86. The average Bonchev–Trinajstić information content (AvgIpc) is 2.57. The van der Waals surface area contributed by atoms with Gasteiger partial charge in [0.25, 0.3) is 0 Å². The summed E-state index contributed by atoms with van der Waals surface area (Å²) in [5.74, 6) is 0. The molecular weight excluding hydrogens is 300 g/mol. The molecule has 2 amide bonds. The number of urea groups is 1. The predicted octanol–water partition coefficient (Wildman–Crippen LogP) is 4.18. The van der Waals surface area contributed by atoms with Gasteiger partial charge in [0.15, 0.2) is 0 Å². The smallest absolute Gasteiger partial charge is 0.319 e. The summed E-state index contributed by atoms with van der Waals surface area (Å²) in [5, 5.41) is 15.7. The zero-order valence-electron chi connectivity index (χ0n) is 14.8. The number of aryl methyl sites for hydroxylation is 2. The summed E-state index contributed by atoms with van der Waals surface area (Å²) in [6.45, 7) is 7.77. The van der Waals surface area contributed by atoms with E-state index >= 15 is 0 Å². The van der Waals surface area contributed by atoms with Crippen molar-refractivity contribution < 1.29 is 9.90 Å². The van der Waals surface area contributed by atoms with Crippen molar-refractivity contribution in [2.24, 2.45) is 5.41 Å². The van der Waals surface area contributed by atoms with E-state index < -0.39 is 5.41 Å². The van der Waals surface area contributed by atoms with Crippen LogP contribution in [0.4, 0.5) is 10.5 Å². The van der Waals surface area contributed by atoms with Gasteiger partial charge in [0.1, 0.15) is 0 Å². The Morgan fingerprint density at radius 1 is 1.04 bits per heavy atom. The number of aliphatic hydroxyl groups excluding tert-OH is 1. The van der Waals surface area contributed by atoms with E-state index in [1.165, 1.54) is 0 Å². The van der Waals surface area contributed by atoms with Crippen molar-refractivity contribution in [3.05, 3.63) is 65.2 Å². The lowest BCUT2D eigenvalue weighted by Crippen LogP contribution is -2.42. The number of hydrogen-bond acceptors (Lipinski definition) is 2. The molecule has 2 aromatic rings. The molecule has 0 aliphatic rings. The maximum Gasteiger partial charge on any atom is 0.319 e. The minimum Gasteiger partial charge on any atom is -0.396 e. The van der Waals surface area contributed by atoms with Gasteiger partial charge in [-0.2, -0.15) is 0 Å². The Morgan fingerprint density at radius 3 is 2.17 bits per heavy atom. The van der Waals surface area contributed by atoms with E-state index in [2.05, 4.69) is 10.6 Å². The van der Waals surface area contributed by atoms with Gasteiger partial charge in [-0.3, -0.25) is 0 Å². The van der Waals surface area contributed by atoms with E-state index in [9.17, 15) is 9.90 Å². The van der Waals surface area contributed by atoms with E-state index in [1.807, 2.05) is 76.2 Å². The summed E-state index contributed by atoms with van der Waals surface area (Å²) in [7, 11) is 0. The van der Waals surface area contributed by atoms with Crippen LogP contribution in [-0.2, 0) is 0 Å². The van der Waals surface area contributed by atoms with Crippen LogP contribution in [0.2, 0.25) is 0 Å². The zero-order valence-corrected chi connectivity index (χ0v) is 14.8. The molecule has 0 aromatic heterocycles. The highest BCUT2D eigenvalue weighted by molar-refractivity contribution is 5.91.